The molecule has 6 aromatic carbocycles. The summed E-state index contributed by atoms with van der Waals surface area (Å²) in [5.74, 6) is 2.36. The standard InChI is InChI=1S/C62H50N2O/c1-41-50(49-39-58(44-24-12-6-13-25-44)64-59(40-49)45-26-14-7-15-27-45)30-17-31-51(41)53-33-19-35-55-61(53)65-60-52(32-18-34-54(60)62(55,2)3)47-29-16-28-46(36-47)48-37-56(42-20-8-4-9-21-42)63-57(38-48)43-22-10-5-11-23-43/h4-18,20-32,34-41,51H,19,33H2,1-3H3. The van der Waals surface area contributed by atoms with E-state index in [1.807, 2.05) is 0 Å². The zero-order valence-electron chi connectivity index (χ0n) is 37.1. The molecule has 3 heteroatoms. The number of pyridine rings is 2. The van der Waals surface area contributed by atoms with Crippen LogP contribution in [0.25, 0.3) is 72.9 Å². The third-order valence-corrected chi connectivity index (χ3v) is 13.7. The van der Waals surface area contributed by atoms with Crippen LogP contribution in [-0.4, -0.2) is 9.97 Å². The molecule has 0 N–H and O–H groups in total. The largest absolute Gasteiger partial charge is 0.456 e. The van der Waals surface area contributed by atoms with Crippen LogP contribution in [0.15, 0.2) is 229 Å². The lowest BCUT2D eigenvalue weighted by atomic mass is 9.68. The number of nitrogens with zero attached hydrogens (tertiary/aromatic N) is 2. The van der Waals surface area contributed by atoms with Gasteiger partial charge in [-0.1, -0.05) is 203 Å². The van der Waals surface area contributed by atoms with Crippen molar-refractivity contribution in [3.63, 3.8) is 0 Å². The Hall–Kier alpha value is -7.62. The van der Waals surface area contributed by atoms with Crippen molar-refractivity contribution < 1.29 is 4.74 Å². The van der Waals surface area contributed by atoms with Gasteiger partial charge in [-0.05, 0) is 82.5 Å². The van der Waals surface area contributed by atoms with Gasteiger partial charge in [0.05, 0.1) is 22.8 Å². The number of allylic oxidation sites excluding steroid dienone is 7. The molecule has 11 rings (SSSR count). The summed E-state index contributed by atoms with van der Waals surface area (Å²) < 4.78 is 7.40. The van der Waals surface area contributed by atoms with E-state index in [0.717, 1.165) is 91.6 Å². The molecule has 0 saturated heterocycles. The van der Waals surface area contributed by atoms with Gasteiger partial charge in [0.25, 0.3) is 0 Å². The summed E-state index contributed by atoms with van der Waals surface area (Å²) in [7, 11) is 0. The van der Waals surface area contributed by atoms with E-state index < -0.39 is 0 Å². The molecule has 65 heavy (non-hydrogen) atoms. The number of para-hydroxylation sites is 1. The molecule has 0 bridgehead atoms. The molecule has 2 unspecified atom stereocenters. The van der Waals surface area contributed by atoms with E-state index in [-0.39, 0.29) is 17.3 Å². The summed E-state index contributed by atoms with van der Waals surface area (Å²) in [6.07, 6.45) is 11.3. The number of aromatic nitrogens is 2. The van der Waals surface area contributed by atoms with E-state index in [9.17, 15) is 0 Å². The Balaban J connectivity index is 0.977. The van der Waals surface area contributed by atoms with Crippen molar-refractivity contribution in [2.75, 3.05) is 0 Å². The van der Waals surface area contributed by atoms with Crippen molar-refractivity contribution in [1.29, 1.82) is 0 Å². The minimum absolute atomic E-state index is 0.166. The number of hydrogen-bond donors (Lipinski definition) is 0. The summed E-state index contributed by atoms with van der Waals surface area (Å²) in [6.45, 7) is 7.13. The van der Waals surface area contributed by atoms with E-state index >= 15 is 0 Å². The zero-order valence-corrected chi connectivity index (χ0v) is 37.1. The van der Waals surface area contributed by atoms with Crippen molar-refractivity contribution >= 4 is 5.57 Å². The van der Waals surface area contributed by atoms with Crippen LogP contribution in [0.4, 0.5) is 0 Å². The second-order valence-electron chi connectivity index (χ2n) is 18.0. The van der Waals surface area contributed by atoms with Gasteiger partial charge in [-0.3, -0.25) is 0 Å². The number of ether oxygens (including phenoxy) is 1. The average Bonchev–Trinajstić information content (AvgIpc) is 3.37. The SMILES string of the molecule is CC1C(c2cc(-c3ccccc3)nc(-c3ccccc3)c2)=CC=CC1C1=C2Oc3c(-c4cccc(-c5cc(-c6ccccc6)nc(-c6ccccc6)c5)c4)cccc3C(C)(C)C2=CCC1. The Morgan fingerprint density at radius 2 is 1.00 bits per heavy atom. The summed E-state index contributed by atoms with van der Waals surface area (Å²) in [6, 6.07) is 66.6. The summed E-state index contributed by atoms with van der Waals surface area (Å²) >= 11 is 0. The lowest BCUT2D eigenvalue weighted by molar-refractivity contribution is 0.351. The van der Waals surface area contributed by atoms with Gasteiger partial charge in [-0.25, -0.2) is 9.97 Å². The van der Waals surface area contributed by atoms with Crippen LogP contribution < -0.4 is 4.74 Å². The molecule has 2 aromatic heterocycles. The molecule has 0 fully saturated rings. The third-order valence-electron chi connectivity index (χ3n) is 13.7. The quantitative estimate of drug-likeness (QED) is 0.153. The molecular weight excluding hydrogens is 789 g/mol. The van der Waals surface area contributed by atoms with Crippen molar-refractivity contribution in [2.24, 2.45) is 11.8 Å². The van der Waals surface area contributed by atoms with Gasteiger partial charge in [0.15, 0.2) is 0 Å². The predicted octanol–water partition coefficient (Wildman–Crippen LogP) is 16.0. The molecule has 3 nitrogen and oxygen atoms in total. The predicted molar refractivity (Wildman–Crippen MR) is 269 cm³/mol. The maximum Gasteiger partial charge on any atom is 0.139 e. The highest BCUT2D eigenvalue weighted by Gasteiger charge is 2.42. The van der Waals surface area contributed by atoms with E-state index in [0.29, 0.717) is 0 Å². The Morgan fingerprint density at radius 1 is 0.508 bits per heavy atom. The lowest BCUT2D eigenvalue weighted by Gasteiger charge is -2.42. The fraction of sp³-hybridized carbons (Fsp3) is 0.129. The molecule has 0 radical (unpaired) electrons. The molecule has 0 spiro atoms. The maximum atomic E-state index is 7.40. The molecule has 8 aromatic rings. The topological polar surface area (TPSA) is 35.0 Å². The summed E-state index contributed by atoms with van der Waals surface area (Å²) in [5.41, 5.74) is 18.9. The highest BCUT2D eigenvalue weighted by molar-refractivity contribution is 5.83. The highest BCUT2D eigenvalue weighted by Crippen LogP contribution is 2.54. The van der Waals surface area contributed by atoms with Gasteiger partial charge >= 0.3 is 0 Å². The Morgan fingerprint density at radius 3 is 1.55 bits per heavy atom. The van der Waals surface area contributed by atoms with Gasteiger partial charge in [0, 0.05) is 50.3 Å². The Bertz CT molecular complexity index is 3080. The first kappa shape index (κ1) is 40.2. The van der Waals surface area contributed by atoms with Crippen LogP contribution in [0.2, 0.25) is 0 Å². The monoisotopic (exact) mass is 838 g/mol. The molecular formula is C62H50N2O. The number of hydrogen-bond acceptors (Lipinski definition) is 3. The second-order valence-corrected chi connectivity index (χ2v) is 18.0. The van der Waals surface area contributed by atoms with E-state index in [2.05, 4.69) is 233 Å². The van der Waals surface area contributed by atoms with Gasteiger partial charge < -0.3 is 4.74 Å². The third kappa shape index (κ3) is 7.57. The van der Waals surface area contributed by atoms with Crippen molar-refractivity contribution in [1.82, 2.24) is 9.97 Å². The van der Waals surface area contributed by atoms with Crippen LogP contribution in [0, 0.1) is 11.8 Å². The molecule has 1 aliphatic heterocycles. The van der Waals surface area contributed by atoms with Crippen molar-refractivity contribution in [3.05, 3.63) is 240 Å². The number of rotatable bonds is 8. The second kappa shape index (κ2) is 16.8. The van der Waals surface area contributed by atoms with Gasteiger partial charge in [-0.2, -0.15) is 0 Å². The van der Waals surface area contributed by atoms with Crippen LogP contribution in [0.1, 0.15) is 44.7 Å². The molecule has 2 aliphatic carbocycles. The Kier molecular flexibility index (Phi) is 10.4. The average molecular weight is 839 g/mol. The minimum Gasteiger partial charge on any atom is -0.456 e. The highest BCUT2D eigenvalue weighted by atomic mass is 16.5. The fourth-order valence-corrected chi connectivity index (χ4v) is 10.2. The molecule has 3 heterocycles. The molecule has 3 aliphatic rings. The van der Waals surface area contributed by atoms with Gasteiger partial charge in [0.2, 0.25) is 0 Å². The fourth-order valence-electron chi connectivity index (χ4n) is 10.2. The van der Waals surface area contributed by atoms with Crippen LogP contribution >= 0.6 is 0 Å². The maximum absolute atomic E-state index is 7.40. The van der Waals surface area contributed by atoms with Crippen LogP contribution in [0.5, 0.6) is 5.75 Å². The number of fused-ring (bicyclic) bond motifs is 2. The van der Waals surface area contributed by atoms with E-state index in [1.165, 1.54) is 27.8 Å². The summed E-state index contributed by atoms with van der Waals surface area (Å²) in [5, 5.41) is 0. The normalized spacial score (nSPS) is 17.3. The minimum atomic E-state index is -0.261. The summed E-state index contributed by atoms with van der Waals surface area (Å²) in [4.78, 5) is 10.4. The first-order chi connectivity index (χ1) is 31.9. The van der Waals surface area contributed by atoms with E-state index in [4.69, 9.17) is 14.7 Å². The first-order valence-corrected chi connectivity index (χ1v) is 22.9. The van der Waals surface area contributed by atoms with Crippen molar-refractivity contribution in [3.8, 4) is 73.0 Å². The molecule has 314 valence electrons. The number of benzene rings is 6. The van der Waals surface area contributed by atoms with Gasteiger partial charge in [-0.15, -0.1) is 0 Å². The van der Waals surface area contributed by atoms with Crippen LogP contribution in [0.3, 0.4) is 0 Å². The Labute approximate surface area is 382 Å². The molecule has 0 saturated carbocycles. The molecule has 2 atom stereocenters. The smallest absolute Gasteiger partial charge is 0.139 e. The van der Waals surface area contributed by atoms with Gasteiger partial charge in [0.1, 0.15) is 11.5 Å². The molecule has 0 amide bonds. The lowest BCUT2D eigenvalue weighted by Crippen LogP contribution is -2.33. The van der Waals surface area contributed by atoms with Crippen molar-refractivity contribution in [2.45, 2.75) is 39.0 Å². The first-order valence-electron chi connectivity index (χ1n) is 22.9. The van der Waals surface area contributed by atoms with E-state index in [1.54, 1.807) is 0 Å². The zero-order chi connectivity index (χ0) is 43.9. The van der Waals surface area contributed by atoms with Crippen LogP contribution in [-0.2, 0) is 5.41 Å².